The molecule has 2 aliphatic rings. The lowest BCUT2D eigenvalue weighted by Crippen LogP contribution is -2.29. The summed E-state index contributed by atoms with van der Waals surface area (Å²) in [6.07, 6.45) is 0. The minimum absolute atomic E-state index is 0.129. The van der Waals surface area contributed by atoms with E-state index in [1.165, 1.54) is 11.3 Å². The van der Waals surface area contributed by atoms with Gasteiger partial charge >= 0.3 is 0 Å². The minimum atomic E-state index is -0.156. The molecule has 21 heavy (non-hydrogen) atoms. The quantitative estimate of drug-likeness (QED) is 0.925. The third-order valence-corrected chi connectivity index (χ3v) is 4.45. The molecular weight excluding hydrogens is 290 g/mol. The average molecular weight is 303 g/mol. The largest absolute Gasteiger partial charge is 0.491 e. The molecule has 2 aromatic rings. The Balaban J connectivity index is 1.56. The number of ether oxygens (including phenoxy) is 3. The lowest BCUT2D eigenvalue weighted by Gasteiger charge is -2.16. The Hall–Kier alpha value is -2.21. The zero-order valence-corrected chi connectivity index (χ0v) is 11.9. The molecule has 1 aromatic heterocycles. The van der Waals surface area contributed by atoms with Gasteiger partial charge < -0.3 is 19.5 Å². The second kappa shape index (κ2) is 4.96. The van der Waals surface area contributed by atoms with Crippen LogP contribution in [0.25, 0.3) is 0 Å². The van der Waals surface area contributed by atoms with Crippen molar-refractivity contribution in [2.75, 3.05) is 19.8 Å². The Morgan fingerprint density at radius 1 is 1.14 bits per heavy atom. The summed E-state index contributed by atoms with van der Waals surface area (Å²) in [6.45, 7) is 1.45. The molecule has 0 bridgehead atoms. The van der Waals surface area contributed by atoms with Crippen molar-refractivity contribution >= 4 is 17.2 Å². The van der Waals surface area contributed by atoms with Gasteiger partial charge in [-0.05, 0) is 6.07 Å². The van der Waals surface area contributed by atoms with Gasteiger partial charge in [0.1, 0.15) is 30.4 Å². The molecule has 1 amide bonds. The van der Waals surface area contributed by atoms with E-state index in [4.69, 9.17) is 14.2 Å². The molecular formula is C15H13NO4S. The van der Waals surface area contributed by atoms with Crippen LogP contribution in [0.1, 0.15) is 21.3 Å². The highest BCUT2D eigenvalue weighted by Crippen LogP contribution is 2.40. The Kier molecular flexibility index (Phi) is 2.96. The molecule has 3 heterocycles. The van der Waals surface area contributed by atoms with Crippen LogP contribution < -0.4 is 19.5 Å². The molecule has 1 N–H and O–H groups in total. The third-order valence-electron chi connectivity index (χ3n) is 3.51. The van der Waals surface area contributed by atoms with Crippen LogP contribution in [0.2, 0.25) is 0 Å². The Labute approximate surface area is 125 Å². The van der Waals surface area contributed by atoms with E-state index in [9.17, 15) is 4.79 Å². The lowest BCUT2D eigenvalue weighted by atomic mass is 10.1. The maximum Gasteiger partial charge on any atom is 0.265 e. The van der Waals surface area contributed by atoms with Gasteiger partial charge in [-0.2, -0.15) is 0 Å². The molecule has 1 atom stereocenters. The molecule has 2 aliphatic heterocycles. The van der Waals surface area contributed by atoms with Gasteiger partial charge in [0.25, 0.3) is 5.91 Å². The zero-order chi connectivity index (χ0) is 14.2. The summed E-state index contributed by atoms with van der Waals surface area (Å²) in [5.41, 5.74) is 1.01. The molecule has 0 spiro atoms. The predicted molar refractivity (Wildman–Crippen MR) is 77.5 cm³/mol. The number of benzene rings is 1. The molecule has 6 heteroatoms. The summed E-state index contributed by atoms with van der Waals surface area (Å²) < 4.78 is 16.6. The monoisotopic (exact) mass is 303 g/mol. The third kappa shape index (κ3) is 2.12. The van der Waals surface area contributed by atoms with Crippen LogP contribution in [0.5, 0.6) is 17.2 Å². The van der Waals surface area contributed by atoms with E-state index in [0.717, 1.165) is 11.3 Å². The zero-order valence-electron chi connectivity index (χ0n) is 11.1. The maximum atomic E-state index is 12.5. The van der Waals surface area contributed by atoms with Crippen LogP contribution in [-0.4, -0.2) is 25.7 Å². The standard InChI is InChI=1S/C15H13NO4S/c17-15(14-13-12(8-21-14)18-5-6-19-13)16-10-7-20-11-4-2-1-3-9(10)11/h1-4,8,10H,5-7H2,(H,16,17)/t10-/m0/s1. The van der Waals surface area contributed by atoms with Crippen LogP contribution in [0.3, 0.4) is 0 Å². The first-order valence-electron chi connectivity index (χ1n) is 6.72. The van der Waals surface area contributed by atoms with Crippen LogP contribution in [0.4, 0.5) is 0 Å². The van der Waals surface area contributed by atoms with Crippen molar-refractivity contribution in [1.82, 2.24) is 5.32 Å². The molecule has 0 radical (unpaired) electrons. The van der Waals surface area contributed by atoms with Crippen molar-refractivity contribution in [3.05, 3.63) is 40.1 Å². The number of hydrogen-bond donors (Lipinski definition) is 1. The maximum absolute atomic E-state index is 12.5. The van der Waals surface area contributed by atoms with Crippen LogP contribution in [-0.2, 0) is 0 Å². The van der Waals surface area contributed by atoms with Gasteiger partial charge in [0.2, 0.25) is 0 Å². The molecule has 0 fully saturated rings. The number of rotatable bonds is 2. The number of fused-ring (bicyclic) bond motifs is 2. The number of carbonyl (C=O) groups excluding carboxylic acids is 1. The average Bonchev–Trinajstić information content (AvgIpc) is 3.12. The fraction of sp³-hybridized carbons (Fsp3) is 0.267. The van der Waals surface area contributed by atoms with Crippen molar-refractivity contribution in [1.29, 1.82) is 0 Å². The second-order valence-corrected chi connectivity index (χ2v) is 5.71. The summed E-state index contributed by atoms with van der Waals surface area (Å²) in [6, 6.07) is 7.61. The van der Waals surface area contributed by atoms with Crippen molar-refractivity contribution in [2.24, 2.45) is 0 Å². The summed E-state index contributed by atoms with van der Waals surface area (Å²) in [4.78, 5) is 13.0. The first kappa shape index (κ1) is 12.5. The number of thiophene rings is 1. The van der Waals surface area contributed by atoms with Gasteiger partial charge in [-0.3, -0.25) is 4.79 Å². The van der Waals surface area contributed by atoms with E-state index in [1.54, 1.807) is 0 Å². The number of amides is 1. The normalized spacial score (nSPS) is 18.8. The van der Waals surface area contributed by atoms with Gasteiger partial charge in [-0.15, -0.1) is 11.3 Å². The van der Waals surface area contributed by atoms with Crippen molar-refractivity contribution < 1.29 is 19.0 Å². The topological polar surface area (TPSA) is 56.8 Å². The molecule has 0 saturated carbocycles. The highest BCUT2D eigenvalue weighted by Gasteiger charge is 2.29. The molecule has 108 valence electrons. The summed E-state index contributed by atoms with van der Waals surface area (Å²) in [5.74, 6) is 1.88. The van der Waals surface area contributed by atoms with E-state index in [-0.39, 0.29) is 11.9 Å². The smallest absolute Gasteiger partial charge is 0.265 e. The number of hydrogen-bond acceptors (Lipinski definition) is 5. The molecule has 4 rings (SSSR count). The van der Waals surface area contributed by atoms with E-state index >= 15 is 0 Å². The summed E-state index contributed by atoms with van der Waals surface area (Å²) >= 11 is 1.34. The van der Waals surface area contributed by atoms with Gasteiger partial charge in [-0.1, -0.05) is 18.2 Å². The highest BCUT2D eigenvalue weighted by molar-refractivity contribution is 7.12. The second-order valence-electron chi connectivity index (χ2n) is 4.83. The van der Waals surface area contributed by atoms with Gasteiger partial charge in [-0.25, -0.2) is 0 Å². The van der Waals surface area contributed by atoms with E-state index < -0.39 is 0 Å². The molecule has 5 nitrogen and oxygen atoms in total. The fourth-order valence-electron chi connectivity index (χ4n) is 2.53. The van der Waals surface area contributed by atoms with Crippen molar-refractivity contribution in [2.45, 2.75) is 6.04 Å². The molecule has 0 saturated heterocycles. The Bertz CT molecular complexity index is 697. The summed E-state index contributed by atoms with van der Waals surface area (Å²) in [7, 11) is 0. The van der Waals surface area contributed by atoms with Crippen LogP contribution >= 0.6 is 11.3 Å². The van der Waals surface area contributed by atoms with Crippen molar-refractivity contribution in [3.8, 4) is 17.2 Å². The first-order chi connectivity index (χ1) is 10.3. The Morgan fingerprint density at radius 2 is 2.00 bits per heavy atom. The minimum Gasteiger partial charge on any atom is -0.491 e. The van der Waals surface area contributed by atoms with Crippen molar-refractivity contribution in [3.63, 3.8) is 0 Å². The molecule has 0 aliphatic carbocycles. The number of nitrogens with one attached hydrogen (secondary N) is 1. The van der Waals surface area contributed by atoms with E-state index in [0.29, 0.717) is 36.2 Å². The SMILES string of the molecule is O=C(N[C@H]1COc2ccccc21)c1scc2c1OCCO2. The molecule has 0 unspecified atom stereocenters. The fourth-order valence-corrected chi connectivity index (χ4v) is 3.36. The Morgan fingerprint density at radius 3 is 2.95 bits per heavy atom. The van der Waals surface area contributed by atoms with Crippen LogP contribution in [0, 0.1) is 0 Å². The predicted octanol–water partition coefficient (Wildman–Crippen LogP) is 2.38. The van der Waals surface area contributed by atoms with Gasteiger partial charge in [0, 0.05) is 10.9 Å². The van der Waals surface area contributed by atoms with Gasteiger partial charge in [0.15, 0.2) is 11.5 Å². The van der Waals surface area contributed by atoms with Crippen LogP contribution in [0.15, 0.2) is 29.6 Å². The lowest BCUT2D eigenvalue weighted by molar-refractivity contribution is 0.0925. The molecule has 1 aromatic carbocycles. The highest BCUT2D eigenvalue weighted by atomic mass is 32.1. The first-order valence-corrected chi connectivity index (χ1v) is 7.60. The number of carbonyl (C=O) groups is 1. The number of para-hydroxylation sites is 1. The summed E-state index contributed by atoms with van der Waals surface area (Å²) in [5, 5.41) is 4.81. The van der Waals surface area contributed by atoms with E-state index in [2.05, 4.69) is 5.32 Å². The van der Waals surface area contributed by atoms with E-state index in [1.807, 2.05) is 29.6 Å². The van der Waals surface area contributed by atoms with Gasteiger partial charge in [0.05, 0.1) is 6.04 Å².